The number of hydrogen-bond donors (Lipinski definition) is 2. The Morgan fingerprint density at radius 1 is 0.470 bits per heavy atom. The molecule has 5 amide bonds. The van der Waals surface area contributed by atoms with Crippen LogP contribution in [0.1, 0.15) is 103 Å². The maximum absolute atomic E-state index is 13.6. The van der Waals surface area contributed by atoms with Gasteiger partial charge in [-0.3, -0.25) is 24.0 Å². The first-order valence-electron chi connectivity index (χ1n) is 22.2. The molecule has 4 aliphatic rings. The van der Waals surface area contributed by atoms with Crippen molar-refractivity contribution in [3.63, 3.8) is 0 Å². The molecule has 0 radical (unpaired) electrons. The number of fused-ring (bicyclic) bond motifs is 2. The fourth-order valence-corrected chi connectivity index (χ4v) is 9.11. The molecule has 0 atom stereocenters. The van der Waals surface area contributed by atoms with E-state index in [1.165, 1.54) is 9.36 Å². The summed E-state index contributed by atoms with van der Waals surface area (Å²) in [5.74, 6) is -2.07. The van der Waals surface area contributed by atoms with Gasteiger partial charge in [0, 0.05) is 72.9 Å². The van der Waals surface area contributed by atoms with Gasteiger partial charge in [-0.2, -0.15) is 10.2 Å². The first-order valence-corrected chi connectivity index (χ1v) is 22.2. The van der Waals surface area contributed by atoms with Crippen LogP contribution in [0.5, 0.6) is 0 Å². The van der Waals surface area contributed by atoms with Crippen LogP contribution in [0.3, 0.4) is 0 Å². The van der Waals surface area contributed by atoms with E-state index in [0.717, 1.165) is 60.4 Å². The van der Waals surface area contributed by atoms with Crippen molar-refractivity contribution in [3.8, 4) is 11.4 Å². The Kier molecular flexibility index (Phi) is 11.8. The molecule has 66 heavy (non-hydrogen) atoms. The normalized spacial score (nSPS) is 16.2. The van der Waals surface area contributed by atoms with Crippen LogP contribution in [0.25, 0.3) is 11.4 Å². The lowest BCUT2D eigenvalue weighted by Crippen LogP contribution is -2.39. The molecule has 16 nitrogen and oxygen atoms in total. The van der Waals surface area contributed by atoms with E-state index in [4.69, 9.17) is 5.73 Å². The number of rotatable bonds is 8. The van der Waals surface area contributed by atoms with Crippen molar-refractivity contribution < 1.29 is 33.9 Å². The quantitative estimate of drug-likeness (QED) is 0.169. The number of benzene rings is 4. The van der Waals surface area contributed by atoms with Crippen molar-refractivity contribution in [2.75, 3.05) is 45.8 Å². The van der Waals surface area contributed by atoms with Gasteiger partial charge in [-0.1, -0.05) is 35.4 Å². The van der Waals surface area contributed by atoms with Gasteiger partial charge in [0.1, 0.15) is 11.4 Å². The number of piperidine rings is 2. The Balaban J connectivity index is 0.000000166. The molecule has 6 aromatic rings. The smallest absolute Gasteiger partial charge is 0.356 e. The van der Waals surface area contributed by atoms with Crippen molar-refractivity contribution in [2.45, 2.75) is 65.2 Å². The maximum Gasteiger partial charge on any atom is 0.356 e. The zero-order chi connectivity index (χ0) is 46.2. The highest BCUT2D eigenvalue weighted by atomic mass is 16.4. The van der Waals surface area contributed by atoms with E-state index < -0.39 is 11.9 Å². The minimum atomic E-state index is -1.14. The number of carboxylic acid groups (broad SMARTS) is 1. The van der Waals surface area contributed by atoms with Crippen LogP contribution < -0.4 is 25.3 Å². The number of carbonyl (C=O) groups is 6. The van der Waals surface area contributed by atoms with E-state index in [1.54, 1.807) is 19.6 Å². The van der Waals surface area contributed by atoms with Crippen molar-refractivity contribution in [1.82, 2.24) is 19.6 Å². The summed E-state index contributed by atoms with van der Waals surface area (Å²) in [7, 11) is 0. The number of amides is 5. The number of carbonyl (C=O) groups excluding carboxylic acids is 5. The molecule has 0 spiro atoms. The van der Waals surface area contributed by atoms with Gasteiger partial charge < -0.3 is 30.4 Å². The maximum atomic E-state index is 13.6. The lowest BCUT2D eigenvalue weighted by Gasteiger charge is -2.29. The van der Waals surface area contributed by atoms with Gasteiger partial charge in [-0.15, -0.1) is 0 Å². The van der Waals surface area contributed by atoms with E-state index in [-0.39, 0.29) is 40.7 Å². The molecule has 0 saturated carbocycles. The van der Waals surface area contributed by atoms with Crippen LogP contribution in [-0.4, -0.2) is 86.4 Å². The summed E-state index contributed by atoms with van der Waals surface area (Å²) in [6.07, 6.45) is 5.82. The molecule has 6 heterocycles. The van der Waals surface area contributed by atoms with Crippen LogP contribution in [-0.2, 0) is 22.4 Å². The SMILES string of the molecule is Cc1ccc(-n2nc(C(=O)O)c3c2C(=O)N(c2ccc(N4CCCCC4=O)cc2)CC3)cc1.Cc1ccc(-n2nc(C(N)=O)c3c2C(=O)N(c2ccc(N4CCCCC4=O)cc2)CC3)cc1. The number of nitrogens with zero attached hydrogens (tertiary/aromatic N) is 8. The highest BCUT2D eigenvalue weighted by Crippen LogP contribution is 2.33. The number of aryl methyl sites for hydroxylation is 2. The summed E-state index contributed by atoms with van der Waals surface area (Å²) >= 11 is 0. The third-order valence-corrected chi connectivity index (χ3v) is 12.6. The standard InChI is InChI=1S/C25H25N5O3.C25H24N4O4/c1-16-5-7-19(8-6-16)30-23-20(22(27-30)24(26)32)13-15-29(25(23)33)18-11-9-17(10-12-18)28-14-3-2-4-21(28)31;1-16-5-7-19(8-6-16)29-23-20(22(26-29)25(32)33)13-15-28(24(23)31)18-11-9-17(10-12-18)27-14-3-2-4-21(27)30/h5-12H,2-4,13-15H2,1H3,(H2,26,32);5-12H,2-4,13-15H2,1H3,(H,32,33). The molecule has 16 heteroatoms. The van der Waals surface area contributed by atoms with Crippen LogP contribution in [0.4, 0.5) is 22.7 Å². The van der Waals surface area contributed by atoms with Crippen LogP contribution in [0.15, 0.2) is 97.1 Å². The van der Waals surface area contributed by atoms with E-state index in [2.05, 4.69) is 10.2 Å². The molecule has 4 aliphatic heterocycles. The molecule has 0 bridgehead atoms. The highest BCUT2D eigenvalue weighted by Gasteiger charge is 2.37. The number of carboxylic acids is 1. The Morgan fingerprint density at radius 3 is 1.18 bits per heavy atom. The Labute approximate surface area is 380 Å². The molecular formula is C50H49N9O7. The van der Waals surface area contributed by atoms with E-state index in [1.807, 2.05) is 111 Å². The molecule has 10 rings (SSSR count). The second-order valence-electron chi connectivity index (χ2n) is 17.0. The summed E-state index contributed by atoms with van der Waals surface area (Å²) < 4.78 is 2.96. The summed E-state index contributed by atoms with van der Waals surface area (Å²) in [5, 5.41) is 18.3. The summed E-state index contributed by atoms with van der Waals surface area (Å²) in [6.45, 7) is 6.12. The van der Waals surface area contributed by atoms with E-state index in [0.29, 0.717) is 79.2 Å². The van der Waals surface area contributed by atoms with Gasteiger partial charge in [0.2, 0.25) is 11.8 Å². The molecule has 2 saturated heterocycles. The largest absolute Gasteiger partial charge is 0.476 e. The number of aromatic nitrogens is 4. The van der Waals surface area contributed by atoms with Crippen molar-refractivity contribution >= 4 is 58.3 Å². The number of nitrogens with two attached hydrogens (primary N) is 1. The molecule has 0 aliphatic carbocycles. The fourth-order valence-electron chi connectivity index (χ4n) is 9.11. The zero-order valence-electron chi connectivity index (χ0n) is 36.8. The monoisotopic (exact) mass is 887 g/mol. The third-order valence-electron chi connectivity index (χ3n) is 12.6. The summed E-state index contributed by atoms with van der Waals surface area (Å²) in [6, 6.07) is 29.9. The third kappa shape index (κ3) is 8.21. The second kappa shape index (κ2) is 17.9. The minimum Gasteiger partial charge on any atom is -0.476 e. The first-order chi connectivity index (χ1) is 31.9. The zero-order valence-corrected chi connectivity index (χ0v) is 36.8. The lowest BCUT2D eigenvalue weighted by atomic mass is 10.0. The summed E-state index contributed by atoms with van der Waals surface area (Å²) in [4.78, 5) is 82.4. The van der Waals surface area contributed by atoms with E-state index in [9.17, 15) is 33.9 Å². The van der Waals surface area contributed by atoms with E-state index >= 15 is 0 Å². The average molecular weight is 888 g/mol. The molecule has 4 aromatic carbocycles. The van der Waals surface area contributed by atoms with Gasteiger partial charge in [0.15, 0.2) is 11.4 Å². The topological polar surface area (TPSA) is 197 Å². The van der Waals surface area contributed by atoms with Gasteiger partial charge in [-0.25, -0.2) is 14.2 Å². The number of hydrogen-bond acceptors (Lipinski definition) is 8. The van der Waals surface area contributed by atoms with Crippen LogP contribution >= 0.6 is 0 Å². The van der Waals surface area contributed by atoms with Crippen LogP contribution in [0.2, 0.25) is 0 Å². The van der Waals surface area contributed by atoms with Crippen molar-refractivity contribution in [3.05, 3.63) is 142 Å². The molecule has 2 aromatic heterocycles. The van der Waals surface area contributed by atoms with Gasteiger partial charge in [-0.05, 0) is 125 Å². The van der Waals surface area contributed by atoms with Crippen molar-refractivity contribution in [1.29, 1.82) is 0 Å². The molecule has 336 valence electrons. The minimum absolute atomic E-state index is 0.0856. The van der Waals surface area contributed by atoms with Gasteiger partial charge >= 0.3 is 5.97 Å². The Bertz CT molecular complexity index is 2690. The Hall–Kier alpha value is -7.88. The molecule has 3 N–H and O–H groups in total. The molecule has 2 fully saturated rings. The number of primary amides is 1. The first kappa shape index (κ1) is 43.4. The second-order valence-corrected chi connectivity index (χ2v) is 17.0. The predicted molar refractivity (Wildman–Crippen MR) is 248 cm³/mol. The highest BCUT2D eigenvalue weighted by molar-refractivity contribution is 6.10. The molecule has 0 unspecified atom stereocenters. The van der Waals surface area contributed by atoms with Crippen molar-refractivity contribution in [2.24, 2.45) is 5.73 Å². The molecular weight excluding hydrogens is 839 g/mol. The fraction of sp³-hybridized carbons (Fsp3) is 0.280. The van der Waals surface area contributed by atoms with Gasteiger partial charge in [0.25, 0.3) is 17.7 Å². The lowest BCUT2D eigenvalue weighted by molar-refractivity contribution is -0.120. The average Bonchev–Trinajstić information content (AvgIpc) is 3.92. The van der Waals surface area contributed by atoms with Gasteiger partial charge in [0.05, 0.1) is 11.4 Å². The Morgan fingerprint density at radius 2 is 0.818 bits per heavy atom. The predicted octanol–water partition coefficient (Wildman–Crippen LogP) is 6.60. The number of anilines is 4. The number of aromatic carboxylic acids is 1. The van der Waals surface area contributed by atoms with Crippen LogP contribution in [0, 0.1) is 13.8 Å². The summed E-state index contributed by atoms with van der Waals surface area (Å²) in [5.41, 5.74) is 13.9.